The van der Waals surface area contributed by atoms with Crippen LogP contribution in [0.25, 0.3) is 23.3 Å². The van der Waals surface area contributed by atoms with Gasteiger partial charge < -0.3 is 34.2 Å². The summed E-state index contributed by atoms with van der Waals surface area (Å²) in [4.78, 5) is 47.1. The van der Waals surface area contributed by atoms with Crippen molar-refractivity contribution in [2.75, 3.05) is 30.8 Å². The van der Waals surface area contributed by atoms with Crippen LogP contribution in [0, 0.1) is 10.1 Å². The second-order valence-electron chi connectivity index (χ2n) is 13.6. The molecular weight excluding hydrogens is 962 g/mol. The van der Waals surface area contributed by atoms with Crippen LogP contribution in [0.1, 0.15) is 37.4 Å². The number of non-ortho nitro benzene ring substituents is 1. The van der Waals surface area contributed by atoms with Crippen molar-refractivity contribution in [3.05, 3.63) is 134 Å². The molecule has 330 valence electrons. The summed E-state index contributed by atoms with van der Waals surface area (Å²) < 4.78 is 83.4. The molecule has 0 unspecified atom stereocenters. The Morgan fingerprint density at radius 2 is 1.31 bits per heavy atom. The molecule has 22 nitrogen and oxygen atoms in total. The van der Waals surface area contributed by atoms with Gasteiger partial charge in [-0.15, -0.1) is 10.2 Å². The molecule has 5 aromatic rings. The number of nitrogen functional groups attached to an aromatic ring is 1. The molecule has 0 bridgehead atoms. The van der Waals surface area contributed by atoms with Crippen molar-refractivity contribution >= 4 is 95.5 Å². The quantitative estimate of drug-likeness (QED) is 0.0250. The maximum absolute atomic E-state index is 13.8. The van der Waals surface area contributed by atoms with Crippen LogP contribution >= 0.6 is 0 Å². The Bertz CT molecular complexity index is 3330. The van der Waals surface area contributed by atoms with Crippen LogP contribution in [0.4, 0.5) is 34.1 Å². The van der Waals surface area contributed by atoms with E-state index in [1.54, 1.807) is 30.3 Å². The monoisotopic (exact) mass is 988 g/mol. The molecule has 2 aliphatic carbocycles. The normalized spacial score (nSPS) is 14.1. The van der Waals surface area contributed by atoms with Crippen LogP contribution in [0.5, 0.6) is 11.5 Å². The summed E-state index contributed by atoms with van der Waals surface area (Å²) in [5.41, 5.74) is 10.1. The smallest absolute Gasteiger partial charge is 0.744 e. The predicted octanol–water partition coefficient (Wildman–Crippen LogP) is -4.48. The van der Waals surface area contributed by atoms with E-state index in [1.807, 2.05) is 0 Å². The van der Waals surface area contributed by atoms with Crippen molar-refractivity contribution < 1.29 is 149 Å². The average Bonchev–Trinajstić information content (AvgIpc) is 3.26. The first-order chi connectivity index (χ1) is 30.8. The first-order valence-corrected chi connectivity index (χ1v) is 21.0. The van der Waals surface area contributed by atoms with Gasteiger partial charge in [0.1, 0.15) is 48.8 Å². The predicted molar refractivity (Wildman–Crippen MR) is 229 cm³/mol. The molecule has 0 aromatic heterocycles. The first kappa shape index (κ1) is 55.1. The van der Waals surface area contributed by atoms with Crippen LogP contribution in [0.15, 0.2) is 121 Å². The van der Waals surface area contributed by atoms with E-state index in [0.717, 1.165) is 30.3 Å². The Morgan fingerprint density at radius 3 is 1.85 bits per heavy atom. The van der Waals surface area contributed by atoms with Crippen molar-refractivity contribution in [1.82, 2.24) is 0 Å². The van der Waals surface area contributed by atoms with E-state index in [9.17, 15) is 55.5 Å². The molecule has 0 amide bonds. The number of carboxylic acid groups (broad SMARTS) is 1. The number of nitrogens with one attached hydrogen (secondary N) is 2. The number of Topliss-reactive ketones (excluding diaryl/α,β-unsaturated/α-hetero) is 1. The van der Waals surface area contributed by atoms with Gasteiger partial charge in [0, 0.05) is 34.4 Å². The number of nitrogens with zero attached hydrogens (tertiary/aromatic N) is 5. The van der Waals surface area contributed by atoms with Crippen molar-refractivity contribution in [3.8, 4) is 22.6 Å². The van der Waals surface area contributed by atoms with Crippen LogP contribution < -0.4 is 120 Å². The molecule has 0 atom stereocenters. The van der Waals surface area contributed by atoms with E-state index in [-0.39, 0.29) is 140 Å². The van der Waals surface area contributed by atoms with Crippen LogP contribution in [-0.4, -0.2) is 74.0 Å². The minimum Gasteiger partial charge on any atom is -0.744 e. The number of hydrogen-bond donors (Lipinski definition) is 3. The molecular formula is C41H27N8Na3O14S2. The Kier molecular flexibility index (Phi) is 18.1. The second kappa shape index (κ2) is 22.3. The number of nitro groups is 1. The molecule has 0 saturated heterocycles. The number of aromatic carboxylic acids is 1. The van der Waals surface area contributed by atoms with Gasteiger partial charge in [-0.05, 0) is 83.4 Å². The van der Waals surface area contributed by atoms with Gasteiger partial charge in [0.25, 0.3) is 5.69 Å². The van der Waals surface area contributed by atoms with Crippen molar-refractivity contribution in [3.63, 3.8) is 0 Å². The number of allylic oxidation sites excluding steroid dienone is 2. The molecule has 0 fully saturated rings. The number of ketones is 2. The van der Waals surface area contributed by atoms with E-state index in [1.165, 1.54) is 50.6 Å². The maximum atomic E-state index is 13.8. The zero-order valence-corrected chi connectivity index (χ0v) is 43.8. The number of rotatable bonds is 13. The number of fused-ring (bicyclic) bond motifs is 2. The molecule has 7 rings (SSSR count). The number of hydrogen-bond acceptors (Lipinski definition) is 21. The number of hydrazone groups is 2. The van der Waals surface area contributed by atoms with E-state index >= 15 is 0 Å². The average molecular weight is 989 g/mol. The van der Waals surface area contributed by atoms with Crippen LogP contribution in [-0.2, 0) is 25.0 Å². The van der Waals surface area contributed by atoms with Gasteiger partial charge in [-0.3, -0.25) is 30.6 Å². The summed E-state index contributed by atoms with van der Waals surface area (Å²) in [6.07, 6.45) is 3.37. The molecule has 4 N–H and O–H groups in total. The Balaban J connectivity index is 0.00000336. The number of carbonyl (C=O) groups is 3. The minimum absolute atomic E-state index is 0. The van der Waals surface area contributed by atoms with E-state index in [2.05, 4.69) is 31.3 Å². The summed E-state index contributed by atoms with van der Waals surface area (Å²) >= 11 is 0. The van der Waals surface area contributed by atoms with Crippen LogP contribution in [0.3, 0.4) is 0 Å². The molecule has 0 heterocycles. The van der Waals surface area contributed by atoms with Gasteiger partial charge in [0.2, 0.25) is 11.6 Å². The standard InChI is InChI=1S/C41H30N8O14S2.3Na/c1-62-34-16-20(3-11-31(34)44-47-38-25-8-7-24(64(56,57)58)15-22(25)5-14-33(38)50)21-4-12-32(35(17-21)63-2)45-48-39-36(65(59,60)61)19-27-26(40(39)51)9-10-29(42)37(27)46-43-30-13-6-23(49(54)55)18-28(30)41(52)53;;;/h3-19,44-45H,42H2,1-2H3,(H,52,53)(H,56,57,58)(H,59,60,61);;;/q;3*+1/p-3/b46-43?,47-38-,48-39+;;;. The molecule has 0 aliphatic heterocycles. The van der Waals surface area contributed by atoms with Gasteiger partial charge in [0.05, 0.1) is 57.7 Å². The van der Waals surface area contributed by atoms with E-state index < -0.39 is 75.1 Å². The fraction of sp³-hybridized carbons (Fsp3) is 0.0488. The topological polar surface area (TPSA) is 350 Å². The van der Waals surface area contributed by atoms with E-state index in [4.69, 9.17) is 15.2 Å². The molecule has 5 aromatic carbocycles. The number of ether oxygens (including phenoxy) is 2. The number of carbonyl (C=O) groups excluding carboxylic acids is 3. The van der Waals surface area contributed by atoms with Gasteiger partial charge in [-0.2, -0.15) is 10.2 Å². The fourth-order valence-corrected chi connectivity index (χ4v) is 7.65. The van der Waals surface area contributed by atoms with Gasteiger partial charge in [-0.25, -0.2) is 16.8 Å². The molecule has 0 saturated carbocycles. The molecule has 2 aliphatic rings. The largest absolute Gasteiger partial charge is 1.00 e. The van der Waals surface area contributed by atoms with Crippen molar-refractivity contribution in [2.45, 2.75) is 4.90 Å². The molecule has 68 heavy (non-hydrogen) atoms. The number of nitro benzene ring substituents is 1. The summed E-state index contributed by atoms with van der Waals surface area (Å²) in [5.74, 6) is -2.93. The number of azo groups is 1. The maximum Gasteiger partial charge on any atom is 1.00 e. The first-order valence-electron chi connectivity index (χ1n) is 18.2. The molecule has 0 radical (unpaired) electrons. The van der Waals surface area contributed by atoms with Gasteiger partial charge in [-0.1, -0.05) is 24.3 Å². The Labute approximate surface area is 452 Å². The number of carboxylic acids is 1. The number of anilines is 3. The summed E-state index contributed by atoms with van der Waals surface area (Å²) in [7, 11) is -7.45. The van der Waals surface area contributed by atoms with Gasteiger partial charge in [0.15, 0.2) is 0 Å². The third-order valence-electron chi connectivity index (χ3n) is 9.68. The van der Waals surface area contributed by atoms with Gasteiger partial charge >= 0.3 is 88.7 Å². The number of benzene rings is 5. The zero-order chi connectivity index (χ0) is 47.0. The third-order valence-corrected chi connectivity index (χ3v) is 11.4. The third kappa shape index (κ3) is 11.7. The van der Waals surface area contributed by atoms with Crippen molar-refractivity contribution in [1.29, 1.82) is 0 Å². The summed E-state index contributed by atoms with van der Waals surface area (Å²) in [6, 6.07) is 18.2. The number of methoxy groups -OCH3 is 2. The van der Waals surface area contributed by atoms with E-state index in [0.29, 0.717) is 28.4 Å². The minimum atomic E-state index is -5.43. The molecule has 27 heteroatoms. The molecule has 0 spiro atoms. The zero-order valence-electron chi connectivity index (χ0n) is 36.2. The fourth-order valence-electron chi connectivity index (χ4n) is 6.51. The Morgan fingerprint density at radius 1 is 0.721 bits per heavy atom. The summed E-state index contributed by atoms with van der Waals surface area (Å²) in [5, 5.41) is 38.8. The number of nitrogens with two attached hydrogens (primary N) is 1. The van der Waals surface area contributed by atoms with Crippen molar-refractivity contribution in [2.24, 2.45) is 20.4 Å². The summed E-state index contributed by atoms with van der Waals surface area (Å²) in [6.45, 7) is 0. The SMILES string of the molecule is COc1cc(-c2ccc(N/N=C3\C(=O)C=Cc4cc(S(=O)(=O)[O-])ccc43)c(OC)c2)ccc1N/N=C1/C(=O)c2ccc(N)c(N=Nc3ccc([N+](=O)[O-])cc3C(=O)[O-])c2C=C1S(=O)(=O)[O-].[Na+].[Na+].[Na+]. The second-order valence-corrected chi connectivity index (χ2v) is 16.3. The Hall–Kier alpha value is -5.45. The van der Waals surface area contributed by atoms with Crippen LogP contribution in [0.2, 0.25) is 0 Å².